The van der Waals surface area contributed by atoms with Gasteiger partial charge in [-0.3, -0.25) is 0 Å². The number of ether oxygens (including phenoxy) is 1. The molecule has 4 heteroatoms. The van der Waals surface area contributed by atoms with Gasteiger partial charge in [-0.25, -0.2) is 8.78 Å². The molecule has 0 N–H and O–H groups in total. The Morgan fingerprint density at radius 1 is 1.29 bits per heavy atom. The fraction of sp³-hybridized carbons (Fsp3) is 0.308. The maximum atomic E-state index is 13.6. The SMILES string of the molecule is O=CCc1c(F)cc(C2=CCOCC2)cc1F. The molecule has 17 heavy (non-hydrogen) atoms. The second kappa shape index (κ2) is 5.19. The summed E-state index contributed by atoms with van der Waals surface area (Å²) in [6.07, 6.45) is 2.72. The molecule has 0 saturated heterocycles. The summed E-state index contributed by atoms with van der Waals surface area (Å²) < 4.78 is 32.3. The molecule has 1 heterocycles. The zero-order valence-corrected chi connectivity index (χ0v) is 9.21. The Kier molecular flexibility index (Phi) is 3.64. The van der Waals surface area contributed by atoms with Gasteiger partial charge in [0.15, 0.2) is 0 Å². The summed E-state index contributed by atoms with van der Waals surface area (Å²) in [5.74, 6) is -1.33. The first kappa shape index (κ1) is 11.9. The molecule has 2 rings (SSSR count). The summed E-state index contributed by atoms with van der Waals surface area (Å²) >= 11 is 0. The molecule has 0 bridgehead atoms. The van der Waals surface area contributed by atoms with Gasteiger partial charge >= 0.3 is 0 Å². The molecule has 0 unspecified atom stereocenters. The normalized spacial score (nSPS) is 15.5. The topological polar surface area (TPSA) is 26.3 Å². The smallest absolute Gasteiger partial charge is 0.130 e. The molecule has 2 nitrogen and oxygen atoms in total. The van der Waals surface area contributed by atoms with E-state index in [0.717, 1.165) is 5.57 Å². The molecule has 1 aromatic carbocycles. The van der Waals surface area contributed by atoms with Gasteiger partial charge in [0.25, 0.3) is 0 Å². The van der Waals surface area contributed by atoms with Gasteiger partial charge in [0.1, 0.15) is 17.9 Å². The molecule has 0 atom stereocenters. The Balaban J connectivity index is 2.37. The van der Waals surface area contributed by atoms with Crippen LogP contribution in [0.1, 0.15) is 17.5 Å². The van der Waals surface area contributed by atoms with E-state index in [0.29, 0.717) is 31.5 Å². The predicted molar refractivity (Wildman–Crippen MR) is 59.5 cm³/mol. The van der Waals surface area contributed by atoms with Crippen LogP contribution in [0.15, 0.2) is 18.2 Å². The molecular weight excluding hydrogens is 226 g/mol. The zero-order valence-electron chi connectivity index (χ0n) is 9.21. The van der Waals surface area contributed by atoms with E-state index in [1.807, 2.05) is 6.08 Å². The molecule has 0 amide bonds. The third-order valence-corrected chi connectivity index (χ3v) is 2.76. The summed E-state index contributed by atoms with van der Waals surface area (Å²) in [5.41, 5.74) is 1.24. The fourth-order valence-electron chi connectivity index (χ4n) is 1.86. The molecule has 1 aliphatic heterocycles. The lowest BCUT2D eigenvalue weighted by Crippen LogP contribution is -2.05. The molecular formula is C13H12F2O2. The number of carbonyl (C=O) groups is 1. The van der Waals surface area contributed by atoms with E-state index < -0.39 is 11.6 Å². The molecule has 0 radical (unpaired) electrons. The highest BCUT2D eigenvalue weighted by Crippen LogP contribution is 2.25. The Hall–Kier alpha value is -1.55. The Morgan fingerprint density at radius 2 is 2.00 bits per heavy atom. The standard InChI is InChI=1S/C13H12F2O2/c14-12-7-10(9-2-5-17-6-3-9)8-13(15)11(12)1-4-16/h2,4,7-8H,1,3,5-6H2. The first-order chi connectivity index (χ1) is 8.22. The van der Waals surface area contributed by atoms with Crippen molar-refractivity contribution in [3.05, 3.63) is 41.0 Å². The van der Waals surface area contributed by atoms with Crippen LogP contribution in [-0.2, 0) is 16.0 Å². The average Bonchev–Trinajstić information content (AvgIpc) is 2.35. The van der Waals surface area contributed by atoms with Crippen molar-refractivity contribution in [2.75, 3.05) is 13.2 Å². The molecule has 90 valence electrons. The third-order valence-electron chi connectivity index (χ3n) is 2.76. The lowest BCUT2D eigenvalue weighted by Gasteiger charge is -2.14. The van der Waals surface area contributed by atoms with Gasteiger partial charge in [-0.2, -0.15) is 0 Å². The highest BCUT2D eigenvalue weighted by atomic mass is 19.1. The van der Waals surface area contributed by atoms with E-state index in [4.69, 9.17) is 4.74 Å². The summed E-state index contributed by atoms with van der Waals surface area (Å²) in [4.78, 5) is 10.3. The van der Waals surface area contributed by atoms with Crippen molar-refractivity contribution in [3.63, 3.8) is 0 Å². The van der Waals surface area contributed by atoms with Crippen LogP contribution in [0.5, 0.6) is 0 Å². The van der Waals surface area contributed by atoms with E-state index in [1.165, 1.54) is 12.1 Å². The fourth-order valence-corrected chi connectivity index (χ4v) is 1.86. The van der Waals surface area contributed by atoms with Gasteiger partial charge in [-0.05, 0) is 29.7 Å². The van der Waals surface area contributed by atoms with E-state index in [2.05, 4.69) is 0 Å². The minimum absolute atomic E-state index is 0.170. The Bertz CT molecular complexity index is 443. The number of hydrogen-bond donors (Lipinski definition) is 0. The lowest BCUT2D eigenvalue weighted by atomic mass is 9.99. The molecule has 1 aliphatic rings. The first-order valence-corrected chi connectivity index (χ1v) is 5.41. The van der Waals surface area contributed by atoms with Crippen molar-refractivity contribution in [2.45, 2.75) is 12.8 Å². The van der Waals surface area contributed by atoms with Crippen molar-refractivity contribution >= 4 is 11.9 Å². The number of hydrogen-bond acceptors (Lipinski definition) is 2. The first-order valence-electron chi connectivity index (χ1n) is 5.41. The molecule has 1 aromatic rings. The van der Waals surface area contributed by atoms with E-state index in [9.17, 15) is 13.6 Å². The van der Waals surface area contributed by atoms with Crippen molar-refractivity contribution in [1.29, 1.82) is 0 Å². The largest absolute Gasteiger partial charge is 0.377 e. The zero-order chi connectivity index (χ0) is 12.3. The van der Waals surface area contributed by atoms with Gasteiger partial charge in [0.2, 0.25) is 0 Å². The van der Waals surface area contributed by atoms with Crippen LogP contribution in [0.2, 0.25) is 0 Å². The maximum Gasteiger partial charge on any atom is 0.130 e. The van der Waals surface area contributed by atoms with Gasteiger partial charge in [0, 0.05) is 12.0 Å². The average molecular weight is 238 g/mol. The van der Waals surface area contributed by atoms with Crippen molar-refractivity contribution in [1.82, 2.24) is 0 Å². The van der Waals surface area contributed by atoms with Crippen LogP contribution in [0.4, 0.5) is 8.78 Å². The van der Waals surface area contributed by atoms with Crippen molar-refractivity contribution < 1.29 is 18.3 Å². The van der Waals surface area contributed by atoms with Gasteiger partial charge in [-0.1, -0.05) is 6.08 Å². The number of carbonyl (C=O) groups excluding carboxylic acids is 1. The van der Waals surface area contributed by atoms with E-state index in [-0.39, 0.29) is 12.0 Å². The minimum Gasteiger partial charge on any atom is -0.377 e. The number of aldehydes is 1. The number of halogens is 2. The maximum absolute atomic E-state index is 13.6. The van der Waals surface area contributed by atoms with Gasteiger partial charge in [0.05, 0.1) is 13.2 Å². The summed E-state index contributed by atoms with van der Waals surface area (Å²) in [6.45, 7) is 1.03. The van der Waals surface area contributed by atoms with Crippen LogP contribution in [0.3, 0.4) is 0 Å². The van der Waals surface area contributed by atoms with Crippen molar-refractivity contribution in [2.24, 2.45) is 0 Å². The second-order valence-electron chi connectivity index (χ2n) is 3.84. The summed E-state index contributed by atoms with van der Waals surface area (Å²) in [5, 5.41) is 0. The van der Waals surface area contributed by atoms with Crippen LogP contribution in [-0.4, -0.2) is 19.5 Å². The molecule has 0 aromatic heterocycles. The number of rotatable bonds is 3. The number of benzene rings is 1. The Morgan fingerprint density at radius 3 is 2.53 bits per heavy atom. The van der Waals surface area contributed by atoms with Crippen LogP contribution < -0.4 is 0 Å². The highest BCUT2D eigenvalue weighted by Gasteiger charge is 2.14. The monoisotopic (exact) mass is 238 g/mol. The van der Waals surface area contributed by atoms with Crippen molar-refractivity contribution in [3.8, 4) is 0 Å². The lowest BCUT2D eigenvalue weighted by molar-refractivity contribution is -0.107. The van der Waals surface area contributed by atoms with Gasteiger partial charge in [-0.15, -0.1) is 0 Å². The third kappa shape index (κ3) is 2.58. The second-order valence-corrected chi connectivity index (χ2v) is 3.84. The molecule has 0 fully saturated rings. The molecule has 0 spiro atoms. The summed E-state index contributed by atoms with van der Waals surface area (Å²) in [6, 6.07) is 2.55. The Labute approximate surface area is 97.9 Å². The minimum atomic E-state index is -0.667. The van der Waals surface area contributed by atoms with Crippen LogP contribution in [0.25, 0.3) is 5.57 Å². The summed E-state index contributed by atoms with van der Waals surface area (Å²) in [7, 11) is 0. The molecule has 0 aliphatic carbocycles. The predicted octanol–water partition coefficient (Wildman–Crippen LogP) is 2.51. The highest BCUT2D eigenvalue weighted by molar-refractivity contribution is 5.67. The quantitative estimate of drug-likeness (QED) is 0.756. The van der Waals surface area contributed by atoms with Crippen LogP contribution >= 0.6 is 0 Å². The van der Waals surface area contributed by atoms with E-state index in [1.54, 1.807) is 0 Å². The van der Waals surface area contributed by atoms with E-state index >= 15 is 0 Å². The van der Waals surface area contributed by atoms with Gasteiger partial charge < -0.3 is 9.53 Å². The van der Waals surface area contributed by atoms with Crippen LogP contribution in [0, 0.1) is 11.6 Å². The molecule has 0 saturated carbocycles.